The topological polar surface area (TPSA) is 43.9 Å². The summed E-state index contributed by atoms with van der Waals surface area (Å²) in [5.74, 6) is -0.100. The van der Waals surface area contributed by atoms with Gasteiger partial charge in [-0.1, -0.05) is 54.8 Å². The molecular formula is C26H30ClN3O2. The van der Waals surface area contributed by atoms with Gasteiger partial charge in [0.1, 0.15) is 0 Å². The molecule has 1 saturated heterocycles. The van der Waals surface area contributed by atoms with Gasteiger partial charge in [-0.05, 0) is 43.0 Å². The minimum atomic E-state index is -0.205. The van der Waals surface area contributed by atoms with Crippen LogP contribution in [0.25, 0.3) is 0 Å². The second-order valence-corrected chi connectivity index (χ2v) is 9.54. The van der Waals surface area contributed by atoms with Crippen molar-refractivity contribution in [2.75, 3.05) is 42.5 Å². The van der Waals surface area contributed by atoms with Crippen LogP contribution >= 0.6 is 11.6 Å². The molecule has 1 saturated carbocycles. The number of para-hydroxylation sites is 2. The average molecular weight is 452 g/mol. The van der Waals surface area contributed by atoms with Crippen molar-refractivity contribution in [1.29, 1.82) is 0 Å². The number of hydrogen-bond donors (Lipinski definition) is 0. The first-order valence-corrected chi connectivity index (χ1v) is 12.2. The summed E-state index contributed by atoms with van der Waals surface area (Å²) >= 11 is 6.37. The smallest absolute Gasteiger partial charge is 0.230 e. The summed E-state index contributed by atoms with van der Waals surface area (Å²) in [6.07, 6.45) is 4.58. The van der Waals surface area contributed by atoms with Crippen LogP contribution in [0.1, 0.15) is 31.2 Å². The molecule has 0 N–H and O–H groups in total. The summed E-state index contributed by atoms with van der Waals surface area (Å²) in [5, 5.41) is 0.746. The molecule has 1 aliphatic carbocycles. The lowest BCUT2D eigenvalue weighted by molar-refractivity contribution is -0.143. The van der Waals surface area contributed by atoms with E-state index in [1.807, 2.05) is 52.3 Å². The summed E-state index contributed by atoms with van der Waals surface area (Å²) in [7, 11) is 0. The highest BCUT2D eigenvalue weighted by Crippen LogP contribution is 2.37. The minimum absolute atomic E-state index is 0.141. The van der Waals surface area contributed by atoms with Gasteiger partial charge in [-0.3, -0.25) is 9.59 Å². The van der Waals surface area contributed by atoms with Crippen molar-refractivity contribution < 1.29 is 9.59 Å². The van der Waals surface area contributed by atoms with Crippen LogP contribution in [0.3, 0.4) is 0 Å². The third-order valence-corrected chi connectivity index (χ3v) is 7.66. The Kier molecular flexibility index (Phi) is 6.09. The quantitative estimate of drug-likeness (QED) is 0.695. The first kappa shape index (κ1) is 21.3. The van der Waals surface area contributed by atoms with Crippen LogP contribution in [0.5, 0.6) is 0 Å². The normalized spacial score (nSPS) is 23.2. The fourth-order valence-corrected chi connectivity index (χ4v) is 5.86. The number of halogens is 1. The number of rotatable bonds is 3. The van der Waals surface area contributed by atoms with Gasteiger partial charge in [0, 0.05) is 44.3 Å². The first-order valence-electron chi connectivity index (χ1n) is 11.8. The van der Waals surface area contributed by atoms with E-state index in [-0.39, 0.29) is 23.7 Å². The lowest BCUT2D eigenvalue weighted by Gasteiger charge is -2.40. The van der Waals surface area contributed by atoms with Gasteiger partial charge in [-0.2, -0.15) is 0 Å². The van der Waals surface area contributed by atoms with E-state index in [4.69, 9.17) is 11.6 Å². The Balaban J connectivity index is 1.27. The van der Waals surface area contributed by atoms with Crippen LogP contribution in [0, 0.1) is 11.8 Å². The molecule has 2 unspecified atom stereocenters. The molecule has 0 bridgehead atoms. The van der Waals surface area contributed by atoms with Gasteiger partial charge in [-0.15, -0.1) is 0 Å². The van der Waals surface area contributed by atoms with Gasteiger partial charge in [0.05, 0.1) is 16.6 Å². The Labute approximate surface area is 194 Å². The Morgan fingerprint density at radius 1 is 0.750 bits per heavy atom. The molecule has 2 fully saturated rings. The highest BCUT2D eigenvalue weighted by atomic mass is 35.5. The summed E-state index contributed by atoms with van der Waals surface area (Å²) in [6.45, 7) is 3.61. The molecule has 5 rings (SSSR count). The molecule has 168 valence electrons. The minimum Gasteiger partial charge on any atom is -0.367 e. The van der Waals surface area contributed by atoms with Crippen molar-refractivity contribution in [3.8, 4) is 0 Å². The van der Waals surface area contributed by atoms with Crippen LogP contribution in [-0.2, 0) is 16.0 Å². The fraction of sp³-hybridized carbons (Fsp3) is 0.462. The zero-order valence-electron chi connectivity index (χ0n) is 18.4. The maximum Gasteiger partial charge on any atom is 0.230 e. The van der Waals surface area contributed by atoms with Crippen molar-refractivity contribution in [1.82, 2.24) is 4.90 Å². The van der Waals surface area contributed by atoms with Crippen molar-refractivity contribution in [2.24, 2.45) is 11.8 Å². The van der Waals surface area contributed by atoms with E-state index < -0.39 is 0 Å². The highest BCUT2D eigenvalue weighted by molar-refractivity contribution is 6.33. The molecule has 0 spiro atoms. The maximum absolute atomic E-state index is 13.6. The first-order chi connectivity index (χ1) is 15.6. The molecule has 2 atom stereocenters. The summed E-state index contributed by atoms with van der Waals surface area (Å²) in [5.41, 5.74) is 3.29. The van der Waals surface area contributed by atoms with Crippen LogP contribution in [0.4, 0.5) is 11.4 Å². The van der Waals surface area contributed by atoms with E-state index in [0.29, 0.717) is 13.1 Å². The van der Waals surface area contributed by atoms with Crippen molar-refractivity contribution in [3.05, 3.63) is 59.1 Å². The average Bonchev–Trinajstić information content (AvgIpc) is 3.28. The number of piperazine rings is 1. The van der Waals surface area contributed by atoms with E-state index in [0.717, 1.165) is 68.1 Å². The summed E-state index contributed by atoms with van der Waals surface area (Å²) in [6, 6.07) is 16.0. The lowest BCUT2D eigenvalue weighted by Crippen LogP contribution is -2.53. The molecule has 6 heteroatoms. The monoisotopic (exact) mass is 451 g/mol. The molecule has 0 radical (unpaired) electrons. The maximum atomic E-state index is 13.6. The van der Waals surface area contributed by atoms with E-state index in [1.165, 1.54) is 5.56 Å². The van der Waals surface area contributed by atoms with Crippen molar-refractivity contribution in [3.63, 3.8) is 0 Å². The molecule has 2 aromatic rings. The van der Waals surface area contributed by atoms with Gasteiger partial charge < -0.3 is 14.7 Å². The second-order valence-electron chi connectivity index (χ2n) is 9.13. The van der Waals surface area contributed by atoms with E-state index in [2.05, 4.69) is 11.0 Å². The number of fused-ring (bicyclic) bond motifs is 1. The standard InChI is InChI=1S/C26H30ClN3O2/c27-22-10-4-6-12-24(22)28-15-17-29(18-16-28)25(31)20-8-2-3-9-21(20)26(32)30-14-13-19-7-1-5-11-23(19)30/h1,4-7,10-12,20-21H,2-3,8-9,13-18H2. The largest absolute Gasteiger partial charge is 0.367 e. The van der Waals surface area contributed by atoms with Gasteiger partial charge in [0.25, 0.3) is 0 Å². The van der Waals surface area contributed by atoms with Gasteiger partial charge in [0.15, 0.2) is 0 Å². The second kappa shape index (κ2) is 9.14. The van der Waals surface area contributed by atoms with Crippen LogP contribution in [0.15, 0.2) is 48.5 Å². The molecule has 2 amide bonds. The van der Waals surface area contributed by atoms with Gasteiger partial charge in [-0.25, -0.2) is 0 Å². The van der Waals surface area contributed by atoms with Crippen molar-refractivity contribution >= 4 is 34.8 Å². The molecule has 32 heavy (non-hydrogen) atoms. The predicted octanol–water partition coefficient (Wildman–Crippen LogP) is 4.38. The zero-order valence-corrected chi connectivity index (χ0v) is 19.1. The van der Waals surface area contributed by atoms with Crippen LogP contribution in [0.2, 0.25) is 5.02 Å². The van der Waals surface area contributed by atoms with Crippen molar-refractivity contribution in [2.45, 2.75) is 32.1 Å². The summed E-state index contributed by atoms with van der Waals surface area (Å²) < 4.78 is 0. The number of carbonyl (C=O) groups excluding carboxylic acids is 2. The van der Waals surface area contributed by atoms with Gasteiger partial charge in [0.2, 0.25) is 11.8 Å². The summed E-state index contributed by atoms with van der Waals surface area (Å²) in [4.78, 5) is 33.3. The molecule has 2 aromatic carbocycles. The number of amides is 2. The Morgan fingerprint density at radius 3 is 2.09 bits per heavy atom. The number of anilines is 2. The van der Waals surface area contributed by atoms with E-state index in [9.17, 15) is 9.59 Å². The number of benzene rings is 2. The van der Waals surface area contributed by atoms with Crippen LogP contribution < -0.4 is 9.80 Å². The third kappa shape index (κ3) is 3.99. The SMILES string of the molecule is O=C(C1CCCCC1C(=O)N1CCc2ccccc21)N1CCN(c2ccccc2Cl)CC1. The zero-order chi connectivity index (χ0) is 22.1. The van der Waals surface area contributed by atoms with E-state index >= 15 is 0 Å². The number of carbonyl (C=O) groups is 2. The molecule has 2 heterocycles. The molecule has 0 aromatic heterocycles. The molecule has 2 aliphatic heterocycles. The molecule has 3 aliphatic rings. The highest BCUT2D eigenvalue weighted by Gasteiger charge is 2.41. The molecular weight excluding hydrogens is 422 g/mol. The number of nitrogens with zero attached hydrogens (tertiary/aromatic N) is 3. The predicted molar refractivity (Wildman–Crippen MR) is 128 cm³/mol. The Morgan fingerprint density at radius 2 is 1.38 bits per heavy atom. The van der Waals surface area contributed by atoms with Gasteiger partial charge >= 0.3 is 0 Å². The lowest BCUT2D eigenvalue weighted by atomic mass is 9.77. The number of hydrogen-bond acceptors (Lipinski definition) is 3. The van der Waals surface area contributed by atoms with Crippen LogP contribution in [-0.4, -0.2) is 49.4 Å². The fourth-order valence-electron chi connectivity index (χ4n) is 5.60. The third-order valence-electron chi connectivity index (χ3n) is 7.34. The molecule has 5 nitrogen and oxygen atoms in total. The Bertz CT molecular complexity index is 1000. The van der Waals surface area contributed by atoms with E-state index in [1.54, 1.807) is 0 Å². The Hall–Kier alpha value is -2.53.